The molecule has 0 saturated carbocycles. The van der Waals surface area contributed by atoms with E-state index in [0.29, 0.717) is 16.8 Å². The van der Waals surface area contributed by atoms with Gasteiger partial charge in [-0.2, -0.15) is 0 Å². The molecule has 0 aromatic heterocycles. The van der Waals surface area contributed by atoms with Gasteiger partial charge in [-0.05, 0) is 24.3 Å². The van der Waals surface area contributed by atoms with Gasteiger partial charge in [0.05, 0.1) is 16.4 Å². The van der Waals surface area contributed by atoms with Gasteiger partial charge in [0.2, 0.25) is 11.8 Å². The molecule has 23 heavy (non-hydrogen) atoms. The quantitative estimate of drug-likeness (QED) is 0.925. The molecule has 2 aromatic carbocycles. The smallest absolute Gasteiger partial charge is 0.244 e. The highest BCUT2D eigenvalue weighted by molar-refractivity contribution is 6.33. The Morgan fingerprint density at radius 2 is 1.87 bits per heavy atom. The third-order valence-electron chi connectivity index (χ3n) is 3.03. The molecule has 0 unspecified atom stereocenters. The highest BCUT2D eigenvalue weighted by Crippen LogP contribution is 2.22. The lowest BCUT2D eigenvalue weighted by Crippen LogP contribution is -2.37. The van der Waals surface area contributed by atoms with Gasteiger partial charge < -0.3 is 10.2 Å². The van der Waals surface area contributed by atoms with Crippen molar-refractivity contribution in [1.29, 1.82) is 0 Å². The largest absolute Gasteiger partial charge is 0.323 e. The number of amides is 2. The van der Waals surface area contributed by atoms with Gasteiger partial charge in [0.25, 0.3) is 0 Å². The first-order chi connectivity index (χ1) is 10.9. The average Bonchev–Trinajstić information content (AvgIpc) is 2.48. The van der Waals surface area contributed by atoms with E-state index in [1.54, 1.807) is 24.3 Å². The predicted molar refractivity (Wildman–Crippen MR) is 84.5 cm³/mol. The van der Waals surface area contributed by atoms with Crippen LogP contribution in [0.4, 0.5) is 20.2 Å². The van der Waals surface area contributed by atoms with E-state index in [9.17, 15) is 18.4 Å². The number of carbonyl (C=O) groups excluding carboxylic acids is 2. The molecular weight excluding hydrogens is 326 g/mol. The van der Waals surface area contributed by atoms with Crippen molar-refractivity contribution in [1.82, 2.24) is 0 Å². The average molecular weight is 339 g/mol. The van der Waals surface area contributed by atoms with Crippen LogP contribution in [0.25, 0.3) is 0 Å². The molecule has 4 nitrogen and oxygen atoms in total. The van der Waals surface area contributed by atoms with E-state index in [4.69, 9.17) is 11.6 Å². The summed E-state index contributed by atoms with van der Waals surface area (Å²) in [6.07, 6.45) is 0. The topological polar surface area (TPSA) is 49.4 Å². The zero-order chi connectivity index (χ0) is 17.0. The summed E-state index contributed by atoms with van der Waals surface area (Å²) in [5.41, 5.74) is 0.204. The third kappa shape index (κ3) is 4.26. The van der Waals surface area contributed by atoms with E-state index in [-0.39, 0.29) is 5.69 Å². The SMILES string of the molecule is CC(=O)N(CC(=O)Nc1ccccc1Cl)c1ccc(F)cc1F. The Bertz CT molecular complexity index is 753. The van der Waals surface area contributed by atoms with Gasteiger partial charge in [-0.3, -0.25) is 9.59 Å². The van der Waals surface area contributed by atoms with Crippen LogP contribution in [0.15, 0.2) is 42.5 Å². The lowest BCUT2D eigenvalue weighted by atomic mass is 10.2. The molecule has 2 rings (SSSR count). The molecule has 2 aromatic rings. The van der Waals surface area contributed by atoms with Gasteiger partial charge in [-0.25, -0.2) is 8.78 Å². The first-order valence-corrected chi connectivity index (χ1v) is 7.04. The number of para-hydroxylation sites is 1. The van der Waals surface area contributed by atoms with Crippen LogP contribution in [0.3, 0.4) is 0 Å². The normalized spacial score (nSPS) is 10.3. The summed E-state index contributed by atoms with van der Waals surface area (Å²) in [5, 5.41) is 2.87. The maximum Gasteiger partial charge on any atom is 0.244 e. The molecule has 0 heterocycles. The minimum Gasteiger partial charge on any atom is -0.323 e. The molecule has 0 bridgehead atoms. The van der Waals surface area contributed by atoms with Crippen LogP contribution in [0.5, 0.6) is 0 Å². The Labute approximate surface area is 136 Å². The fourth-order valence-corrected chi connectivity index (χ4v) is 2.15. The second-order valence-corrected chi connectivity index (χ2v) is 5.14. The Kier molecular flexibility index (Phi) is 5.28. The van der Waals surface area contributed by atoms with Gasteiger partial charge in [0.15, 0.2) is 0 Å². The van der Waals surface area contributed by atoms with E-state index in [0.717, 1.165) is 17.0 Å². The summed E-state index contributed by atoms with van der Waals surface area (Å²) in [6.45, 7) is 0.759. The summed E-state index contributed by atoms with van der Waals surface area (Å²) < 4.78 is 26.8. The highest BCUT2D eigenvalue weighted by atomic mass is 35.5. The second kappa shape index (κ2) is 7.19. The summed E-state index contributed by atoms with van der Waals surface area (Å²) in [5.74, 6) is -2.80. The van der Waals surface area contributed by atoms with Crippen molar-refractivity contribution in [2.24, 2.45) is 0 Å². The maximum absolute atomic E-state index is 13.8. The van der Waals surface area contributed by atoms with Crippen molar-refractivity contribution in [2.75, 3.05) is 16.8 Å². The van der Waals surface area contributed by atoms with Crippen LogP contribution >= 0.6 is 11.6 Å². The fraction of sp³-hybridized carbons (Fsp3) is 0.125. The Morgan fingerprint density at radius 1 is 1.17 bits per heavy atom. The number of nitrogens with one attached hydrogen (secondary N) is 1. The lowest BCUT2D eigenvalue weighted by Gasteiger charge is -2.21. The standard InChI is InChI=1S/C16H13ClF2N2O2/c1-10(22)21(15-7-6-11(18)8-13(15)19)9-16(23)20-14-5-3-2-4-12(14)17/h2-8H,9H2,1H3,(H,20,23). The molecular formula is C16H13ClF2N2O2. The van der Waals surface area contributed by atoms with Crippen LogP contribution in [0, 0.1) is 11.6 Å². The minimum absolute atomic E-state index is 0.173. The summed E-state index contributed by atoms with van der Waals surface area (Å²) in [6, 6.07) is 9.35. The number of hydrogen-bond acceptors (Lipinski definition) is 2. The molecule has 2 amide bonds. The van der Waals surface area contributed by atoms with Crippen molar-refractivity contribution in [3.05, 3.63) is 59.1 Å². The van der Waals surface area contributed by atoms with Gasteiger partial charge in [-0.15, -0.1) is 0 Å². The molecule has 0 saturated heterocycles. The molecule has 0 aliphatic carbocycles. The molecule has 1 N–H and O–H groups in total. The molecule has 0 atom stereocenters. The predicted octanol–water partition coefficient (Wildman–Crippen LogP) is 3.61. The Hall–Kier alpha value is -2.47. The molecule has 120 valence electrons. The van der Waals surface area contributed by atoms with E-state index in [1.165, 1.54) is 6.92 Å². The molecule has 0 radical (unpaired) electrons. The summed E-state index contributed by atoms with van der Waals surface area (Å²) >= 11 is 5.93. The Morgan fingerprint density at radius 3 is 2.48 bits per heavy atom. The number of nitrogens with zero attached hydrogens (tertiary/aromatic N) is 1. The van der Waals surface area contributed by atoms with Crippen molar-refractivity contribution >= 4 is 34.8 Å². The van der Waals surface area contributed by atoms with E-state index in [1.807, 2.05) is 0 Å². The monoisotopic (exact) mass is 338 g/mol. The summed E-state index contributed by atoms with van der Waals surface area (Å²) in [7, 11) is 0. The lowest BCUT2D eigenvalue weighted by molar-refractivity contribution is -0.120. The number of halogens is 3. The first-order valence-electron chi connectivity index (χ1n) is 6.66. The Balaban J connectivity index is 2.18. The van der Waals surface area contributed by atoms with Crippen molar-refractivity contribution < 1.29 is 18.4 Å². The number of rotatable bonds is 4. The zero-order valence-electron chi connectivity index (χ0n) is 12.1. The van der Waals surface area contributed by atoms with Gasteiger partial charge >= 0.3 is 0 Å². The van der Waals surface area contributed by atoms with Crippen LogP contribution in [0.1, 0.15) is 6.92 Å². The first kappa shape index (κ1) is 16.9. The van der Waals surface area contributed by atoms with Crippen LogP contribution in [-0.2, 0) is 9.59 Å². The number of benzene rings is 2. The van der Waals surface area contributed by atoms with Crippen LogP contribution < -0.4 is 10.2 Å². The van der Waals surface area contributed by atoms with E-state index >= 15 is 0 Å². The van der Waals surface area contributed by atoms with E-state index in [2.05, 4.69) is 5.32 Å². The minimum atomic E-state index is -0.925. The van der Waals surface area contributed by atoms with Crippen molar-refractivity contribution in [3.8, 4) is 0 Å². The number of anilines is 2. The van der Waals surface area contributed by atoms with Crippen LogP contribution in [-0.4, -0.2) is 18.4 Å². The van der Waals surface area contributed by atoms with Gasteiger partial charge in [-0.1, -0.05) is 23.7 Å². The molecule has 0 fully saturated rings. The number of hydrogen-bond donors (Lipinski definition) is 1. The van der Waals surface area contributed by atoms with Crippen molar-refractivity contribution in [2.45, 2.75) is 6.92 Å². The highest BCUT2D eigenvalue weighted by Gasteiger charge is 2.20. The van der Waals surface area contributed by atoms with Gasteiger partial charge in [0.1, 0.15) is 18.2 Å². The third-order valence-corrected chi connectivity index (χ3v) is 3.36. The molecule has 0 aliphatic rings. The summed E-state index contributed by atoms with van der Waals surface area (Å²) in [4.78, 5) is 24.7. The number of carbonyl (C=O) groups is 2. The van der Waals surface area contributed by atoms with Crippen molar-refractivity contribution in [3.63, 3.8) is 0 Å². The van der Waals surface area contributed by atoms with Gasteiger partial charge in [0, 0.05) is 13.0 Å². The molecule has 0 spiro atoms. The fourth-order valence-electron chi connectivity index (χ4n) is 1.96. The van der Waals surface area contributed by atoms with Crippen LogP contribution in [0.2, 0.25) is 5.02 Å². The zero-order valence-corrected chi connectivity index (χ0v) is 12.9. The molecule has 7 heteroatoms. The van der Waals surface area contributed by atoms with E-state index < -0.39 is 30.0 Å². The second-order valence-electron chi connectivity index (χ2n) is 4.73. The molecule has 0 aliphatic heterocycles. The maximum atomic E-state index is 13.8.